The Balaban J connectivity index is 1.70. The second-order valence-electron chi connectivity index (χ2n) is 6.42. The van der Waals surface area contributed by atoms with Gasteiger partial charge in [-0.1, -0.05) is 0 Å². The summed E-state index contributed by atoms with van der Waals surface area (Å²) < 4.78 is 40.5. The number of hydrogen-bond donors (Lipinski definition) is 2. The smallest absolute Gasteiger partial charge is 0.227 e. The maximum atomic E-state index is 13.7. The van der Waals surface area contributed by atoms with E-state index in [0.29, 0.717) is 32.0 Å². The Morgan fingerprint density at radius 3 is 2.13 bits per heavy atom. The Morgan fingerprint density at radius 1 is 1.04 bits per heavy atom. The minimum atomic E-state index is -1.33. The minimum Gasteiger partial charge on any atom is -0.390 e. The Labute approximate surface area is 131 Å². The first kappa shape index (κ1) is 16.3. The zero-order valence-electron chi connectivity index (χ0n) is 12.4. The molecule has 2 aliphatic rings. The van der Waals surface area contributed by atoms with Gasteiger partial charge in [-0.05, 0) is 36.8 Å². The van der Waals surface area contributed by atoms with Gasteiger partial charge in [0.2, 0.25) is 5.91 Å². The van der Waals surface area contributed by atoms with Crippen LogP contribution in [0.4, 0.5) is 13.2 Å². The van der Waals surface area contributed by atoms with E-state index in [1.807, 2.05) is 0 Å². The molecule has 1 aliphatic heterocycles. The summed E-state index contributed by atoms with van der Waals surface area (Å²) in [7, 11) is 0. The van der Waals surface area contributed by atoms with Crippen LogP contribution in [-0.4, -0.2) is 46.3 Å². The summed E-state index contributed by atoms with van der Waals surface area (Å²) in [5.74, 6) is -3.80. The first-order valence-electron chi connectivity index (χ1n) is 7.63. The van der Waals surface area contributed by atoms with Crippen LogP contribution in [0.3, 0.4) is 0 Å². The molecule has 2 fully saturated rings. The SMILES string of the molecule is O=C(Cc1c(F)ccc(F)c1F)N1C[C@H]2C[C@H](O)[C@H](O)C[C@H]2C1. The number of nitrogens with zero attached hydrogens (tertiary/aromatic N) is 1. The number of aliphatic hydroxyl groups excluding tert-OH is 2. The quantitative estimate of drug-likeness (QED) is 0.803. The molecule has 1 saturated heterocycles. The fraction of sp³-hybridized carbons (Fsp3) is 0.562. The topological polar surface area (TPSA) is 60.8 Å². The van der Waals surface area contributed by atoms with Crippen molar-refractivity contribution in [1.82, 2.24) is 4.90 Å². The van der Waals surface area contributed by atoms with Gasteiger partial charge >= 0.3 is 0 Å². The zero-order chi connectivity index (χ0) is 16.7. The number of benzene rings is 1. The van der Waals surface area contributed by atoms with Crippen molar-refractivity contribution < 1.29 is 28.2 Å². The van der Waals surface area contributed by atoms with Gasteiger partial charge in [-0.25, -0.2) is 13.2 Å². The van der Waals surface area contributed by atoms with Crippen LogP contribution in [0.25, 0.3) is 0 Å². The second-order valence-corrected chi connectivity index (χ2v) is 6.42. The predicted octanol–water partition coefficient (Wildman–Crippen LogP) is 1.24. The Kier molecular flexibility index (Phi) is 4.33. The van der Waals surface area contributed by atoms with Crippen molar-refractivity contribution in [2.24, 2.45) is 11.8 Å². The number of aliphatic hydroxyl groups is 2. The summed E-state index contributed by atoms with van der Waals surface area (Å²) in [6.45, 7) is 0.762. The molecule has 0 spiro atoms. The standard InChI is InChI=1S/C16H18F3NO3/c17-11-1-2-12(18)16(19)10(11)5-15(23)20-6-8-3-13(21)14(22)4-9(8)7-20/h1-2,8-9,13-14,21-22H,3-7H2/t8-,9+,13+,14-. The van der Waals surface area contributed by atoms with Gasteiger partial charge in [0.25, 0.3) is 0 Å². The van der Waals surface area contributed by atoms with E-state index >= 15 is 0 Å². The maximum Gasteiger partial charge on any atom is 0.227 e. The van der Waals surface area contributed by atoms with E-state index in [2.05, 4.69) is 0 Å². The summed E-state index contributed by atoms with van der Waals surface area (Å²) in [5.41, 5.74) is -0.565. The highest BCUT2D eigenvalue weighted by Crippen LogP contribution is 2.36. The molecule has 0 unspecified atom stereocenters. The minimum absolute atomic E-state index is 0.0690. The Hall–Kier alpha value is -1.60. The van der Waals surface area contributed by atoms with Crippen molar-refractivity contribution in [2.45, 2.75) is 31.5 Å². The molecule has 1 aromatic carbocycles. The molecule has 7 heteroatoms. The van der Waals surface area contributed by atoms with Crippen LogP contribution in [0.1, 0.15) is 18.4 Å². The average molecular weight is 329 g/mol. The summed E-state index contributed by atoms with van der Waals surface area (Å²) in [6.07, 6.45) is -1.34. The molecule has 2 N–H and O–H groups in total. The molecule has 1 amide bonds. The first-order chi connectivity index (χ1) is 10.9. The lowest BCUT2D eigenvalue weighted by molar-refractivity contribution is -0.129. The number of carbonyl (C=O) groups excluding carboxylic acids is 1. The van der Waals surface area contributed by atoms with E-state index in [1.54, 1.807) is 0 Å². The normalized spacial score (nSPS) is 30.4. The molecule has 4 atom stereocenters. The molecular formula is C16H18F3NO3. The second kappa shape index (κ2) is 6.13. The third-order valence-corrected chi connectivity index (χ3v) is 4.93. The highest BCUT2D eigenvalue weighted by molar-refractivity contribution is 5.79. The summed E-state index contributed by atoms with van der Waals surface area (Å²) >= 11 is 0. The molecule has 3 rings (SSSR count). The van der Waals surface area contributed by atoms with Gasteiger partial charge in [-0.3, -0.25) is 4.79 Å². The van der Waals surface area contributed by atoms with Gasteiger partial charge in [0.05, 0.1) is 18.6 Å². The average Bonchev–Trinajstić information content (AvgIpc) is 2.91. The summed E-state index contributed by atoms with van der Waals surface area (Å²) in [4.78, 5) is 13.8. The Morgan fingerprint density at radius 2 is 1.57 bits per heavy atom. The van der Waals surface area contributed by atoms with Crippen LogP contribution in [0, 0.1) is 29.3 Å². The highest BCUT2D eigenvalue weighted by Gasteiger charge is 2.42. The number of hydrogen-bond acceptors (Lipinski definition) is 3. The monoisotopic (exact) mass is 329 g/mol. The molecular weight excluding hydrogens is 311 g/mol. The van der Waals surface area contributed by atoms with Gasteiger partial charge in [0, 0.05) is 18.7 Å². The van der Waals surface area contributed by atoms with Crippen molar-refractivity contribution in [3.63, 3.8) is 0 Å². The van der Waals surface area contributed by atoms with Crippen LogP contribution in [-0.2, 0) is 11.2 Å². The number of amides is 1. The molecule has 0 aromatic heterocycles. The number of fused-ring (bicyclic) bond motifs is 1. The number of rotatable bonds is 2. The highest BCUT2D eigenvalue weighted by atomic mass is 19.2. The number of likely N-dealkylation sites (tertiary alicyclic amines) is 1. The van der Waals surface area contributed by atoms with Crippen LogP contribution in [0.5, 0.6) is 0 Å². The zero-order valence-corrected chi connectivity index (χ0v) is 12.4. The largest absolute Gasteiger partial charge is 0.390 e. The van der Waals surface area contributed by atoms with E-state index in [0.717, 1.165) is 6.07 Å². The molecule has 4 nitrogen and oxygen atoms in total. The van der Waals surface area contributed by atoms with Gasteiger partial charge in [-0.2, -0.15) is 0 Å². The molecule has 1 aliphatic carbocycles. The van der Waals surface area contributed by atoms with Crippen LogP contribution >= 0.6 is 0 Å². The van der Waals surface area contributed by atoms with Crippen molar-refractivity contribution in [2.75, 3.05) is 13.1 Å². The van der Waals surface area contributed by atoms with Crippen LogP contribution in [0.2, 0.25) is 0 Å². The lowest BCUT2D eigenvalue weighted by Gasteiger charge is -2.31. The van der Waals surface area contributed by atoms with Gasteiger partial charge in [0.1, 0.15) is 5.82 Å². The van der Waals surface area contributed by atoms with Gasteiger partial charge in [0.15, 0.2) is 11.6 Å². The van der Waals surface area contributed by atoms with Crippen molar-refractivity contribution in [1.29, 1.82) is 0 Å². The van der Waals surface area contributed by atoms with Crippen LogP contribution in [0.15, 0.2) is 12.1 Å². The fourth-order valence-corrected chi connectivity index (χ4v) is 3.61. The third-order valence-electron chi connectivity index (χ3n) is 4.93. The molecule has 1 saturated carbocycles. The predicted molar refractivity (Wildman–Crippen MR) is 74.8 cm³/mol. The van der Waals surface area contributed by atoms with Gasteiger partial charge < -0.3 is 15.1 Å². The maximum absolute atomic E-state index is 13.7. The van der Waals surface area contributed by atoms with Gasteiger partial charge in [-0.15, -0.1) is 0 Å². The number of halogens is 3. The summed E-state index contributed by atoms with van der Waals surface area (Å²) in [5, 5.41) is 19.4. The molecule has 23 heavy (non-hydrogen) atoms. The molecule has 0 bridgehead atoms. The Bertz CT molecular complexity index is 607. The molecule has 1 aromatic rings. The lowest BCUT2D eigenvalue weighted by Crippen LogP contribution is -2.38. The van der Waals surface area contributed by atoms with Crippen molar-refractivity contribution in [3.05, 3.63) is 35.1 Å². The molecule has 0 radical (unpaired) electrons. The van der Waals surface area contributed by atoms with E-state index in [1.165, 1.54) is 4.90 Å². The fourth-order valence-electron chi connectivity index (χ4n) is 3.61. The van der Waals surface area contributed by atoms with E-state index in [4.69, 9.17) is 0 Å². The van der Waals surface area contributed by atoms with E-state index in [9.17, 15) is 28.2 Å². The lowest BCUT2D eigenvalue weighted by atomic mass is 9.79. The third kappa shape index (κ3) is 3.07. The number of carbonyl (C=O) groups is 1. The van der Waals surface area contributed by atoms with E-state index < -0.39 is 47.6 Å². The molecule has 1 heterocycles. The van der Waals surface area contributed by atoms with Crippen molar-refractivity contribution in [3.8, 4) is 0 Å². The summed E-state index contributed by atoms with van der Waals surface area (Å²) in [6, 6.07) is 1.49. The first-order valence-corrected chi connectivity index (χ1v) is 7.63. The van der Waals surface area contributed by atoms with Crippen molar-refractivity contribution >= 4 is 5.91 Å². The molecule has 126 valence electrons. The van der Waals surface area contributed by atoms with Crippen LogP contribution < -0.4 is 0 Å². The van der Waals surface area contributed by atoms with E-state index in [-0.39, 0.29) is 11.8 Å².